The normalized spacial score (nSPS) is 21.4. The molecule has 0 bridgehead atoms. The molecule has 1 fully saturated rings. The van der Waals surface area contributed by atoms with Crippen molar-refractivity contribution in [2.24, 2.45) is 0 Å². The molecule has 14 heavy (non-hydrogen) atoms. The van der Waals surface area contributed by atoms with E-state index in [2.05, 4.69) is 36.9 Å². The zero-order valence-corrected chi connectivity index (χ0v) is 8.41. The molecule has 0 saturated carbocycles. The summed E-state index contributed by atoms with van der Waals surface area (Å²) >= 11 is 0. The molecule has 1 aromatic carbocycles. The van der Waals surface area contributed by atoms with Gasteiger partial charge in [-0.1, -0.05) is 36.9 Å². The molecule has 0 radical (unpaired) electrons. The van der Waals surface area contributed by atoms with Gasteiger partial charge in [0.25, 0.3) is 0 Å². The van der Waals surface area contributed by atoms with Gasteiger partial charge in [-0.2, -0.15) is 0 Å². The maximum atomic E-state index is 5.59. The van der Waals surface area contributed by atoms with Crippen LogP contribution in [0.4, 0.5) is 0 Å². The zero-order valence-electron chi connectivity index (χ0n) is 8.41. The summed E-state index contributed by atoms with van der Waals surface area (Å²) in [5.74, 6) is 0. The smallest absolute Gasteiger partial charge is 0.0679 e. The molecule has 1 nitrogen and oxygen atoms in total. The van der Waals surface area contributed by atoms with E-state index in [1.54, 1.807) is 0 Å². The predicted molar refractivity (Wildman–Crippen MR) is 58.3 cm³/mol. The van der Waals surface area contributed by atoms with Crippen LogP contribution in [0.3, 0.4) is 0 Å². The van der Waals surface area contributed by atoms with Gasteiger partial charge in [-0.05, 0) is 30.4 Å². The fourth-order valence-corrected chi connectivity index (χ4v) is 1.83. The third-order valence-corrected chi connectivity index (χ3v) is 2.64. The lowest BCUT2D eigenvalue weighted by molar-refractivity contribution is 0.107. The Morgan fingerprint density at radius 2 is 2.07 bits per heavy atom. The molecule has 1 heteroatoms. The summed E-state index contributed by atoms with van der Waals surface area (Å²) in [5, 5.41) is 0. The maximum Gasteiger partial charge on any atom is 0.0679 e. The third-order valence-electron chi connectivity index (χ3n) is 2.64. The topological polar surface area (TPSA) is 9.23 Å². The minimum absolute atomic E-state index is 0.405. The molecule has 1 aliphatic heterocycles. The summed E-state index contributed by atoms with van der Waals surface area (Å²) in [6.45, 7) is 4.70. The average Bonchev–Trinajstić information content (AvgIpc) is 2.63. The molecule has 0 amide bonds. The molecular weight excluding hydrogens is 172 g/mol. The van der Waals surface area contributed by atoms with Crippen LogP contribution in [0.1, 0.15) is 18.4 Å². The highest BCUT2D eigenvalue weighted by Crippen LogP contribution is 2.20. The molecule has 0 N–H and O–H groups in total. The van der Waals surface area contributed by atoms with Gasteiger partial charge in [0.2, 0.25) is 0 Å². The zero-order chi connectivity index (χ0) is 9.80. The first-order chi connectivity index (χ1) is 6.84. The molecule has 2 rings (SSSR count). The molecule has 0 unspecified atom stereocenters. The van der Waals surface area contributed by atoms with Crippen molar-refractivity contribution in [3.05, 3.63) is 48.0 Å². The summed E-state index contributed by atoms with van der Waals surface area (Å²) in [5.41, 5.74) is 2.64. The standard InChI is InChI=1S/C13H16O/c1-11-9-13(14-10-11)8-7-12-5-3-2-4-6-12/h2-6,13H,1,7-10H2/t13-/m1/s1. The van der Waals surface area contributed by atoms with Crippen LogP contribution >= 0.6 is 0 Å². The van der Waals surface area contributed by atoms with Gasteiger partial charge in [0.1, 0.15) is 0 Å². The highest BCUT2D eigenvalue weighted by Gasteiger charge is 2.17. The molecule has 1 aromatic rings. The van der Waals surface area contributed by atoms with E-state index in [4.69, 9.17) is 4.74 Å². The molecule has 1 aliphatic rings. The highest BCUT2D eigenvalue weighted by atomic mass is 16.5. The van der Waals surface area contributed by atoms with Gasteiger partial charge >= 0.3 is 0 Å². The number of aryl methyl sites for hydroxylation is 1. The number of ether oxygens (including phenoxy) is 1. The van der Waals surface area contributed by atoms with E-state index in [-0.39, 0.29) is 0 Å². The van der Waals surface area contributed by atoms with E-state index in [1.165, 1.54) is 11.1 Å². The minimum Gasteiger partial charge on any atom is -0.374 e. The highest BCUT2D eigenvalue weighted by molar-refractivity contribution is 5.15. The van der Waals surface area contributed by atoms with Gasteiger partial charge in [-0.3, -0.25) is 0 Å². The Bertz CT molecular complexity index is 302. The quantitative estimate of drug-likeness (QED) is 0.663. The van der Waals surface area contributed by atoms with Crippen molar-refractivity contribution in [3.8, 4) is 0 Å². The fourth-order valence-electron chi connectivity index (χ4n) is 1.83. The number of hydrogen-bond donors (Lipinski definition) is 0. The van der Waals surface area contributed by atoms with Crippen molar-refractivity contribution in [2.75, 3.05) is 6.61 Å². The average molecular weight is 188 g/mol. The van der Waals surface area contributed by atoms with Crippen LogP contribution in [0.5, 0.6) is 0 Å². The Morgan fingerprint density at radius 3 is 2.71 bits per heavy atom. The first kappa shape index (κ1) is 9.47. The van der Waals surface area contributed by atoms with Crippen LogP contribution in [-0.2, 0) is 11.2 Å². The minimum atomic E-state index is 0.405. The molecular formula is C13H16O. The van der Waals surface area contributed by atoms with E-state index in [1.807, 2.05) is 0 Å². The van der Waals surface area contributed by atoms with Crippen molar-refractivity contribution >= 4 is 0 Å². The van der Waals surface area contributed by atoms with Crippen LogP contribution in [0.2, 0.25) is 0 Å². The number of hydrogen-bond acceptors (Lipinski definition) is 1. The van der Waals surface area contributed by atoms with Crippen LogP contribution in [-0.4, -0.2) is 12.7 Å². The summed E-state index contributed by atoms with van der Waals surface area (Å²) < 4.78 is 5.59. The summed E-state index contributed by atoms with van der Waals surface area (Å²) in [7, 11) is 0. The van der Waals surface area contributed by atoms with Crippen molar-refractivity contribution in [3.63, 3.8) is 0 Å². The second-order valence-corrected chi connectivity index (χ2v) is 3.91. The largest absolute Gasteiger partial charge is 0.374 e. The van der Waals surface area contributed by atoms with Gasteiger partial charge in [0, 0.05) is 0 Å². The van der Waals surface area contributed by atoms with Gasteiger partial charge < -0.3 is 4.74 Å². The number of rotatable bonds is 3. The summed E-state index contributed by atoms with van der Waals surface area (Å²) in [4.78, 5) is 0. The Labute approximate surface area is 85.4 Å². The van der Waals surface area contributed by atoms with E-state index < -0.39 is 0 Å². The molecule has 0 aromatic heterocycles. The predicted octanol–water partition coefficient (Wildman–Crippen LogP) is 2.96. The second kappa shape index (κ2) is 4.43. The maximum absolute atomic E-state index is 5.59. The van der Waals surface area contributed by atoms with E-state index in [0.717, 1.165) is 25.9 Å². The Balaban J connectivity index is 1.80. The van der Waals surface area contributed by atoms with Crippen LogP contribution < -0.4 is 0 Å². The second-order valence-electron chi connectivity index (χ2n) is 3.91. The molecule has 1 heterocycles. The molecule has 1 saturated heterocycles. The SMILES string of the molecule is C=C1CO[C@H](CCc2ccccc2)C1. The van der Waals surface area contributed by atoms with Crippen molar-refractivity contribution < 1.29 is 4.74 Å². The van der Waals surface area contributed by atoms with Crippen LogP contribution in [0.15, 0.2) is 42.5 Å². The van der Waals surface area contributed by atoms with Crippen molar-refractivity contribution in [2.45, 2.75) is 25.4 Å². The van der Waals surface area contributed by atoms with Crippen molar-refractivity contribution in [1.29, 1.82) is 0 Å². The monoisotopic (exact) mass is 188 g/mol. The lowest BCUT2D eigenvalue weighted by Gasteiger charge is -2.07. The van der Waals surface area contributed by atoms with Crippen LogP contribution in [0.25, 0.3) is 0 Å². The Morgan fingerprint density at radius 1 is 1.29 bits per heavy atom. The van der Waals surface area contributed by atoms with Gasteiger partial charge in [-0.15, -0.1) is 0 Å². The molecule has 1 atom stereocenters. The van der Waals surface area contributed by atoms with E-state index in [9.17, 15) is 0 Å². The molecule has 0 spiro atoms. The lowest BCUT2D eigenvalue weighted by Crippen LogP contribution is -2.05. The van der Waals surface area contributed by atoms with E-state index >= 15 is 0 Å². The van der Waals surface area contributed by atoms with Gasteiger partial charge in [0.05, 0.1) is 12.7 Å². The molecule has 0 aliphatic carbocycles. The Kier molecular flexibility index (Phi) is 3.00. The molecule has 74 valence electrons. The van der Waals surface area contributed by atoms with Gasteiger partial charge in [-0.25, -0.2) is 0 Å². The first-order valence-electron chi connectivity index (χ1n) is 5.17. The van der Waals surface area contributed by atoms with Gasteiger partial charge in [0.15, 0.2) is 0 Å². The third kappa shape index (κ3) is 2.46. The summed E-state index contributed by atoms with van der Waals surface area (Å²) in [6, 6.07) is 10.6. The Hall–Kier alpha value is -1.08. The lowest BCUT2D eigenvalue weighted by atomic mass is 10.0. The summed E-state index contributed by atoms with van der Waals surface area (Å²) in [6.07, 6.45) is 3.68. The first-order valence-corrected chi connectivity index (χ1v) is 5.17. The number of benzene rings is 1. The fraction of sp³-hybridized carbons (Fsp3) is 0.385. The van der Waals surface area contributed by atoms with E-state index in [0.29, 0.717) is 6.10 Å². The van der Waals surface area contributed by atoms with Crippen LogP contribution in [0, 0.1) is 0 Å². The van der Waals surface area contributed by atoms with Crippen molar-refractivity contribution in [1.82, 2.24) is 0 Å².